The molecular formula is C18H29NO2. The van der Waals surface area contributed by atoms with Crippen LogP contribution in [0, 0.1) is 0 Å². The molecule has 1 heterocycles. The Balaban J connectivity index is 1.66. The first-order valence-corrected chi connectivity index (χ1v) is 8.41. The van der Waals surface area contributed by atoms with Crippen molar-refractivity contribution < 1.29 is 9.47 Å². The van der Waals surface area contributed by atoms with Gasteiger partial charge in [0.05, 0.1) is 0 Å². The second kappa shape index (κ2) is 8.93. The first-order valence-electron chi connectivity index (χ1n) is 8.41. The molecule has 0 saturated heterocycles. The molecule has 1 unspecified atom stereocenters. The molecular weight excluding hydrogens is 262 g/mol. The van der Waals surface area contributed by atoms with Gasteiger partial charge < -0.3 is 14.8 Å². The highest BCUT2D eigenvalue weighted by molar-refractivity contribution is 5.43. The van der Waals surface area contributed by atoms with E-state index in [1.165, 1.54) is 37.7 Å². The van der Waals surface area contributed by atoms with Crippen molar-refractivity contribution in [3.63, 3.8) is 0 Å². The Morgan fingerprint density at radius 2 is 1.90 bits per heavy atom. The van der Waals surface area contributed by atoms with E-state index in [9.17, 15) is 0 Å². The fraction of sp³-hybridized carbons (Fsp3) is 0.667. The van der Waals surface area contributed by atoms with Crippen LogP contribution in [0.25, 0.3) is 0 Å². The van der Waals surface area contributed by atoms with Crippen molar-refractivity contribution in [3.05, 3.63) is 23.8 Å². The molecule has 0 radical (unpaired) electrons. The van der Waals surface area contributed by atoms with Gasteiger partial charge in [-0.25, -0.2) is 0 Å². The topological polar surface area (TPSA) is 30.5 Å². The van der Waals surface area contributed by atoms with E-state index < -0.39 is 0 Å². The number of ether oxygens (including phenoxy) is 2. The van der Waals surface area contributed by atoms with Crippen LogP contribution in [0.3, 0.4) is 0 Å². The summed E-state index contributed by atoms with van der Waals surface area (Å²) in [5, 5.41) is 3.62. The molecule has 0 aromatic heterocycles. The molecule has 3 heteroatoms. The first-order chi connectivity index (χ1) is 10.3. The third-order valence-corrected chi connectivity index (χ3v) is 4.00. The predicted octanol–water partition coefficient (Wildman–Crippen LogP) is 3.95. The molecule has 0 saturated carbocycles. The molecule has 3 nitrogen and oxygen atoms in total. The van der Waals surface area contributed by atoms with E-state index in [0.29, 0.717) is 19.3 Å². The van der Waals surface area contributed by atoms with Crippen molar-refractivity contribution in [1.29, 1.82) is 0 Å². The smallest absolute Gasteiger partial charge is 0.161 e. The van der Waals surface area contributed by atoms with Crippen LogP contribution < -0.4 is 14.8 Å². The molecule has 118 valence electrons. The van der Waals surface area contributed by atoms with Crippen molar-refractivity contribution in [3.8, 4) is 11.5 Å². The quantitative estimate of drug-likeness (QED) is 0.699. The summed E-state index contributed by atoms with van der Waals surface area (Å²) in [6.45, 7) is 6.88. The largest absolute Gasteiger partial charge is 0.486 e. The molecule has 1 aliphatic heterocycles. The number of fused-ring (bicyclic) bond motifs is 1. The highest BCUT2D eigenvalue weighted by atomic mass is 16.6. The monoisotopic (exact) mass is 291 g/mol. The van der Waals surface area contributed by atoms with E-state index in [4.69, 9.17) is 9.47 Å². The number of hydrogen-bond donors (Lipinski definition) is 1. The fourth-order valence-electron chi connectivity index (χ4n) is 2.69. The van der Waals surface area contributed by atoms with Gasteiger partial charge in [-0.05, 0) is 44.0 Å². The van der Waals surface area contributed by atoms with E-state index in [0.717, 1.165) is 24.5 Å². The Morgan fingerprint density at radius 3 is 2.71 bits per heavy atom. The summed E-state index contributed by atoms with van der Waals surface area (Å²) in [5.74, 6) is 1.77. The molecule has 2 rings (SSSR count). The molecule has 1 N–H and O–H groups in total. The Hall–Kier alpha value is -1.22. The molecule has 0 spiro atoms. The van der Waals surface area contributed by atoms with Crippen molar-refractivity contribution in [1.82, 2.24) is 5.32 Å². The third kappa shape index (κ3) is 5.58. The second-order valence-electron chi connectivity index (χ2n) is 5.93. The Morgan fingerprint density at radius 1 is 1.10 bits per heavy atom. The Labute approximate surface area is 129 Å². The van der Waals surface area contributed by atoms with E-state index in [2.05, 4.69) is 31.3 Å². The number of benzene rings is 1. The maximum absolute atomic E-state index is 5.62. The van der Waals surface area contributed by atoms with Crippen LogP contribution in [0.15, 0.2) is 18.2 Å². The average Bonchev–Trinajstić information content (AvgIpc) is 2.51. The maximum Gasteiger partial charge on any atom is 0.161 e. The fourth-order valence-corrected chi connectivity index (χ4v) is 2.69. The van der Waals surface area contributed by atoms with Gasteiger partial charge in [-0.1, -0.05) is 38.7 Å². The molecule has 0 bridgehead atoms. The Kier molecular flexibility index (Phi) is 6.87. The van der Waals surface area contributed by atoms with Crippen LogP contribution >= 0.6 is 0 Å². The summed E-state index contributed by atoms with van der Waals surface area (Å²) in [4.78, 5) is 0. The van der Waals surface area contributed by atoms with Gasteiger partial charge in [0.15, 0.2) is 11.5 Å². The molecule has 21 heavy (non-hydrogen) atoms. The molecule has 1 aromatic rings. The summed E-state index contributed by atoms with van der Waals surface area (Å²) >= 11 is 0. The molecule has 0 fully saturated rings. The lowest BCUT2D eigenvalue weighted by Gasteiger charge is -2.19. The van der Waals surface area contributed by atoms with Crippen LogP contribution in [-0.2, 0) is 6.42 Å². The SMILES string of the molecule is CCCCCCC(C)NCCc1ccc2c(c1)OCCO2. The molecule has 1 aromatic carbocycles. The summed E-state index contributed by atoms with van der Waals surface area (Å²) in [7, 11) is 0. The lowest BCUT2D eigenvalue weighted by atomic mass is 10.1. The lowest BCUT2D eigenvalue weighted by molar-refractivity contribution is 0.171. The zero-order valence-electron chi connectivity index (χ0n) is 13.5. The zero-order valence-corrected chi connectivity index (χ0v) is 13.5. The normalized spacial score (nSPS) is 15.0. The second-order valence-corrected chi connectivity index (χ2v) is 5.93. The molecule has 0 amide bonds. The number of rotatable bonds is 9. The van der Waals surface area contributed by atoms with Crippen LogP contribution in [0.2, 0.25) is 0 Å². The molecule has 1 atom stereocenters. The van der Waals surface area contributed by atoms with E-state index in [1.54, 1.807) is 0 Å². The summed E-state index contributed by atoms with van der Waals surface area (Å²) in [6, 6.07) is 6.89. The van der Waals surface area contributed by atoms with Gasteiger partial charge in [0, 0.05) is 6.04 Å². The third-order valence-electron chi connectivity index (χ3n) is 4.00. The van der Waals surface area contributed by atoms with E-state index in [-0.39, 0.29) is 0 Å². The van der Waals surface area contributed by atoms with Gasteiger partial charge in [-0.3, -0.25) is 0 Å². The van der Waals surface area contributed by atoms with Crippen LogP contribution in [0.1, 0.15) is 51.5 Å². The Bertz CT molecular complexity index is 420. The number of unbranched alkanes of at least 4 members (excludes halogenated alkanes) is 3. The minimum Gasteiger partial charge on any atom is -0.486 e. The standard InChI is InChI=1S/C18H29NO2/c1-3-4-5-6-7-15(2)19-11-10-16-8-9-17-18(14-16)21-13-12-20-17/h8-9,14-15,19H,3-7,10-13H2,1-2H3. The van der Waals surface area contributed by atoms with Crippen molar-refractivity contribution in [2.75, 3.05) is 19.8 Å². The molecule has 0 aliphatic carbocycles. The van der Waals surface area contributed by atoms with Gasteiger partial charge in [0.25, 0.3) is 0 Å². The highest BCUT2D eigenvalue weighted by Gasteiger charge is 2.11. The van der Waals surface area contributed by atoms with Crippen molar-refractivity contribution in [2.45, 2.75) is 58.4 Å². The first kappa shape index (κ1) is 16.2. The number of hydrogen-bond acceptors (Lipinski definition) is 3. The van der Waals surface area contributed by atoms with Gasteiger partial charge in [0.1, 0.15) is 13.2 Å². The molecule has 1 aliphatic rings. The lowest BCUT2D eigenvalue weighted by Crippen LogP contribution is -2.28. The number of nitrogens with one attached hydrogen (secondary N) is 1. The summed E-state index contributed by atoms with van der Waals surface area (Å²) < 4.78 is 11.2. The van der Waals surface area contributed by atoms with E-state index in [1.807, 2.05) is 6.07 Å². The zero-order chi connectivity index (χ0) is 14.9. The minimum atomic E-state index is 0.610. The average molecular weight is 291 g/mol. The van der Waals surface area contributed by atoms with Gasteiger partial charge in [0.2, 0.25) is 0 Å². The summed E-state index contributed by atoms with van der Waals surface area (Å²) in [6.07, 6.45) is 7.70. The minimum absolute atomic E-state index is 0.610. The van der Waals surface area contributed by atoms with Crippen molar-refractivity contribution in [2.24, 2.45) is 0 Å². The van der Waals surface area contributed by atoms with Crippen LogP contribution in [0.5, 0.6) is 11.5 Å². The van der Waals surface area contributed by atoms with Crippen LogP contribution in [-0.4, -0.2) is 25.8 Å². The maximum atomic E-state index is 5.62. The highest BCUT2D eigenvalue weighted by Crippen LogP contribution is 2.30. The van der Waals surface area contributed by atoms with Crippen molar-refractivity contribution >= 4 is 0 Å². The predicted molar refractivity (Wildman–Crippen MR) is 87.4 cm³/mol. The van der Waals surface area contributed by atoms with Crippen LogP contribution in [0.4, 0.5) is 0 Å². The van der Waals surface area contributed by atoms with Gasteiger partial charge in [-0.2, -0.15) is 0 Å². The van der Waals surface area contributed by atoms with Gasteiger partial charge >= 0.3 is 0 Å². The van der Waals surface area contributed by atoms with E-state index >= 15 is 0 Å². The van der Waals surface area contributed by atoms with Gasteiger partial charge in [-0.15, -0.1) is 0 Å². The summed E-state index contributed by atoms with van der Waals surface area (Å²) in [5.41, 5.74) is 1.31.